The molecule has 2 heterocycles. The average Bonchev–Trinajstić information content (AvgIpc) is 2.97. The number of fused-ring (bicyclic) bond motifs is 1. The van der Waals surface area contributed by atoms with Gasteiger partial charge in [-0.25, -0.2) is 9.97 Å². The van der Waals surface area contributed by atoms with Gasteiger partial charge in [0.05, 0.1) is 5.52 Å². The summed E-state index contributed by atoms with van der Waals surface area (Å²) >= 11 is 0. The van der Waals surface area contributed by atoms with Crippen LogP contribution in [0.25, 0.3) is 10.9 Å². The Labute approximate surface area is 133 Å². The van der Waals surface area contributed by atoms with Gasteiger partial charge in [0.1, 0.15) is 11.6 Å². The molecule has 1 aliphatic heterocycles. The number of rotatable bonds is 3. The summed E-state index contributed by atoms with van der Waals surface area (Å²) in [7, 11) is 0. The second kappa shape index (κ2) is 5.75. The van der Waals surface area contributed by atoms with Crippen molar-refractivity contribution in [3.05, 3.63) is 24.0 Å². The fourth-order valence-electron chi connectivity index (χ4n) is 2.87. The van der Waals surface area contributed by atoms with Gasteiger partial charge in [-0.3, -0.25) is 0 Å². The number of nitrogens with one attached hydrogen (secondary N) is 1. The van der Waals surface area contributed by atoms with Crippen LogP contribution in [0.3, 0.4) is 0 Å². The molecule has 0 atom stereocenters. The van der Waals surface area contributed by atoms with E-state index in [9.17, 15) is 0 Å². The van der Waals surface area contributed by atoms with Crippen molar-refractivity contribution >= 4 is 22.4 Å². The number of aromatic nitrogens is 2. The number of hydrogen-bond acceptors (Lipinski definition) is 4. The molecule has 1 fully saturated rings. The molecule has 0 spiro atoms. The number of nitrogens with zero attached hydrogens (tertiary/aromatic N) is 3. The lowest BCUT2D eigenvalue weighted by Gasteiger charge is -2.21. The molecular formula is C18H26N4. The minimum absolute atomic E-state index is 0.261. The third-order valence-electron chi connectivity index (χ3n) is 4.02. The van der Waals surface area contributed by atoms with E-state index in [0.29, 0.717) is 0 Å². The highest BCUT2D eigenvalue weighted by molar-refractivity contribution is 5.91. The third kappa shape index (κ3) is 3.32. The second-order valence-corrected chi connectivity index (χ2v) is 7.43. The van der Waals surface area contributed by atoms with Crippen molar-refractivity contribution < 1.29 is 0 Å². The molecular weight excluding hydrogens is 272 g/mol. The number of hydrogen-bond donors (Lipinski definition) is 1. The summed E-state index contributed by atoms with van der Waals surface area (Å²) in [5.74, 6) is 1.95. The lowest BCUT2D eigenvalue weighted by atomic mass is 9.97. The van der Waals surface area contributed by atoms with Crippen LogP contribution in [-0.4, -0.2) is 29.6 Å². The summed E-state index contributed by atoms with van der Waals surface area (Å²) in [5.41, 5.74) is 2.43. The number of aryl methyl sites for hydroxylation is 1. The minimum Gasteiger partial charge on any atom is -0.384 e. The Balaban J connectivity index is 1.94. The molecule has 1 aliphatic rings. The molecule has 1 N–H and O–H groups in total. The Bertz CT molecular complexity index is 667. The van der Waals surface area contributed by atoms with Crippen molar-refractivity contribution in [2.45, 2.75) is 40.5 Å². The monoisotopic (exact) mass is 298 g/mol. The lowest BCUT2D eigenvalue weighted by Crippen LogP contribution is -2.20. The molecule has 3 rings (SSSR count). The molecule has 4 nitrogen and oxygen atoms in total. The van der Waals surface area contributed by atoms with Crippen LogP contribution in [0.15, 0.2) is 18.2 Å². The summed E-state index contributed by atoms with van der Waals surface area (Å²) in [4.78, 5) is 11.7. The quantitative estimate of drug-likeness (QED) is 0.930. The van der Waals surface area contributed by atoms with Crippen molar-refractivity contribution in [1.82, 2.24) is 9.97 Å². The van der Waals surface area contributed by atoms with Crippen LogP contribution in [0, 0.1) is 12.3 Å². The van der Waals surface area contributed by atoms with E-state index in [0.717, 1.165) is 47.9 Å². The Morgan fingerprint density at radius 1 is 1.14 bits per heavy atom. The maximum atomic E-state index is 4.69. The minimum atomic E-state index is 0.261. The molecule has 0 amide bonds. The fraction of sp³-hybridized carbons (Fsp3) is 0.556. The standard InChI is InChI=1S/C18H26N4/c1-13-20-16-11-14(19-12-18(2,3)4)7-8-15(16)17(21-13)22-9-5-6-10-22/h7-8,11,19H,5-6,9-10,12H2,1-4H3. The maximum Gasteiger partial charge on any atom is 0.140 e. The normalized spacial score (nSPS) is 15.5. The van der Waals surface area contributed by atoms with Gasteiger partial charge in [-0.15, -0.1) is 0 Å². The molecule has 1 saturated heterocycles. The zero-order valence-electron chi connectivity index (χ0n) is 14.1. The Hall–Kier alpha value is -1.84. The summed E-state index contributed by atoms with van der Waals surface area (Å²) in [6.07, 6.45) is 2.52. The first-order chi connectivity index (χ1) is 10.4. The molecule has 0 aliphatic carbocycles. The van der Waals surface area contributed by atoms with Crippen molar-refractivity contribution in [2.75, 3.05) is 29.9 Å². The third-order valence-corrected chi connectivity index (χ3v) is 4.02. The van der Waals surface area contributed by atoms with Crippen LogP contribution in [0.1, 0.15) is 39.4 Å². The smallest absolute Gasteiger partial charge is 0.140 e. The van der Waals surface area contributed by atoms with E-state index < -0.39 is 0 Å². The summed E-state index contributed by atoms with van der Waals surface area (Å²) in [6.45, 7) is 11.8. The lowest BCUT2D eigenvalue weighted by molar-refractivity contribution is 0.443. The van der Waals surface area contributed by atoms with Gasteiger partial charge >= 0.3 is 0 Å². The Morgan fingerprint density at radius 2 is 1.86 bits per heavy atom. The average molecular weight is 298 g/mol. The van der Waals surface area contributed by atoms with Crippen LogP contribution in [-0.2, 0) is 0 Å². The molecule has 0 unspecified atom stereocenters. The fourth-order valence-corrected chi connectivity index (χ4v) is 2.87. The summed E-state index contributed by atoms with van der Waals surface area (Å²) < 4.78 is 0. The van der Waals surface area contributed by atoms with E-state index in [1.807, 2.05) is 6.92 Å². The van der Waals surface area contributed by atoms with Gasteiger partial charge in [0.15, 0.2) is 0 Å². The first-order valence-corrected chi connectivity index (χ1v) is 8.20. The van der Waals surface area contributed by atoms with Crippen molar-refractivity contribution in [3.8, 4) is 0 Å². The van der Waals surface area contributed by atoms with Gasteiger partial charge in [0.25, 0.3) is 0 Å². The highest BCUT2D eigenvalue weighted by Gasteiger charge is 2.17. The SMILES string of the molecule is Cc1nc(N2CCCC2)c2ccc(NCC(C)(C)C)cc2n1. The molecule has 0 radical (unpaired) electrons. The summed E-state index contributed by atoms with van der Waals surface area (Å²) in [5, 5.41) is 4.67. The van der Waals surface area contributed by atoms with Crippen LogP contribution >= 0.6 is 0 Å². The Morgan fingerprint density at radius 3 is 2.55 bits per heavy atom. The van der Waals surface area contributed by atoms with Gasteiger partial charge in [0, 0.05) is 30.7 Å². The molecule has 2 aromatic rings. The van der Waals surface area contributed by atoms with Gasteiger partial charge in [0.2, 0.25) is 0 Å². The van der Waals surface area contributed by atoms with E-state index in [-0.39, 0.29) is 5.41 Å². The molecule has 118 valence electrons. The van der Waals surface area contributed by atoms with Crippen molar-refractivity contribution in [3.63, 3.8) is 0 Å². The van der Waals surface area contributed by atoms with Gasteiger partial charge < -0.3 is 10.2 Å². The van der Waals surface area contributed by atoms with Crippen LogP contribution in [0.2, 0.25) is 0 Å². The maximum absolute atomic E-state index is 4.69. The zero-order chi connectivity index (χ0) is 15.7. The predicted molar refractivity (Wildman–Crippen MR) is 93.7 cm³/mol. The first-order valence-electron chi connectivity index (χ1n) is 8.20. The molecule has 22 heavy (non-hydrogen) atoms. The van der Waals surface area contributed by atoms with E-state index in [2.05, 4.69) is 54.2 Å². The van der Waals surface area contributed by atoms with Crippen molar-refractivity contribution in [1.29, 1.82) is 0 Å². The van der Waals surface area contributed by atoms with E-state index >= 15 is 0 Å². The number of benzene rings is 1. The molecule has 0 saturated carbocycles. The first kappa shape index (κ1) is 15.1. The van der Waals surface area contributed by atoms with Crippen LogP contribution in [0.5, 0.6) is 0 Å². The largest absolute Gasteiger partial charge is 0.384 e. The highest BCUT2D eigenvalue weighted by Crippen LogP contribution is 2.29. The van der Waals surface area contributed by atoms with Crippen LogP contribution < -0.4 is 10.2 Å². The topological polar surface area (TPSA) is 41.1 Å². The molecule has 1 aromatic heterocycles. The van der Waals surface area contributed by atoms with E-state index in [1.54, 1.807) is 0 Å². The van der Waals surface area contributed by atoms with E-state index in [1.165, 1.54) is 12.8 Å². The summed E-state index contributed by atoms with van der Waals surface area (Å²) in [6, 6.07) is 6.45. The highest BCUT2D eigenvalue weighted by atomic mass is 15.2. The van der Waals surface area contributed by atoms with E-state index in [4.69, 9.17) is 4.98 Å². The predicted octanol–water partition coefficient (Wildman–Crippen LogP) is 4.00. The Kier molecular flexibility index (Phi) is 3.94. The second-order valence-electron chi connectivity index (χ2n) is 7.43. The van der Waals surface area contributed by atoms with Crippen LogP contribution in [0.4, 0.5) is 11.5 Å². The van der Waals surface area contributed by atoms with Gasteiger partial charge in [-0.05, 0) is 43.4 Å². The van der Waals surface area contributed by atoms with Crippen molar-refractivity contribution in [2.24, 2.45) is 5.41 Å². The molecule has 1 aromatic carbocycles. The number of anilines is 2. The van der Waals surface area contributed by atoms with Gasteiger partial charge in [-0.2, -0.15) is 0 Å². The zero-order valence-corrected chi connectivity index (χ0v) is 14.1. The molecule has 0 bridgehead atoms. The van der Waals surface area contributed by atoms with Gasteiger partial charge in [-0.1, -0.05) is 20.8 Å². The molecule has 4 heteroatoms.